The lowest BCUT2D eigenvalue weighted by molar-refractivity contribution is -0.114. The standard InChI is InChI=1S/C15H13N3O2/c16-9-11-4-6-13(7-5-11)20-14-3-1-2-12(8-14)18-15(19)10-17/h1-8H,10,17H2,(H,18,19). The molecule has 20 heavy (non-hydrogen) atoms. The van der Waals surface area contributed by atoms with Crippen molar-refractivity contribution in [3.05, 3.63) is 54.1 Å². The van der Waals surface area contributed by atoms with E-state index in [9.17, 15) is 4.79 Å². The summed E-state index contributed by atoms with van der Waals surface area (Å²) in [6.07, 6.45) is 0. The number of nitriles is 1. The molecule has 0 spiro atoms. The summed E-state index contributed by atoms with van der Waals surface area (Å²) in [5.74, 6) is 0.941. The lowest BCUT2D eigenvalue weighted by atomic mass is 10.2. The molecule has 0 radical (unpaired) electrons. The zero-order valence-electron chi connectivity index (χ0n) is 10.7. The van der Waals surface area contributed by atoms with E-state index in [1.807, 2.05) is 6.07 Å². The molecule has 3 N–H and O–H groups in total. The average Bonchev–Trinajstić information content (AvgIpc) is 2.48. The third kappa shape index (κ3) is 3.57. The van der Waals surface area contributed by atoms with E-state index in [1.165, 1.54) is 0 Å². The van der Waals surface area contributed by atoms with E-state index in [2.05, 4.69) is 5.32 Å². The molecule has 100 valence electrons. The van der Waals surface area contributed by atoms with Crippen molar-refractivity contribution in [2.24, 2.45) is 5.73 Å². The monoisotopic (exact) mass is 267 g/mol. The van der Waals surface area contributed by atoms with Gasteiger partial charge in [-0.05, 0) is 36.4 Å². The first-order chi connectivity index (χ1) is 9.71. The van der Waals surface area contributed by atoms with Crippen molar-refractivity contribution in [2.45, 2.75) is 0 Å². The minimum Gasteiger partial charge on any atom is -0.457 e. The van der Waals surface area contributed by atoms with Crippen LogP contribution in [0, 0.1) is 11.3 Å². The van der Waals surface area contributed by atoms with Gasteiger partial charge in [-0.3, -0.25) is 4.79 Å². The number of amides is 1. The number of ether oxygens (including phenoxy) is 1. The summed E-state index contributed by atoms with van der Waals surface area (Å²) in [6, 6.07) is 15.8. The number of rotatable bonds is 4. The molecule has 0 saturated heterocycles. The third-order valence-corrected chi connectivity index (χ3v) is 2.52. The SMILES string of the molecule is N#Cc1ccc(Oc2cccc(NC(=O)CN)c2)cc1. The molecule has 1 amide bonds. The van der Waals surface area contributed by atoms with Gasteiger partial charge in [-0.15, -0.1) is 0 Å². The van der Waals surface area contributed by atoms with Gasteiger partial charge in [-0.1, -0.05) is 6.07 Å². The largest absolute Gasteiger partial charge is 0.457 e. The van der Waals surface area contributed by atoms with Gasteiger partial charge >= 0.3 is 0 Å². The summed E-state index contributed by atoms with van der Waals surface area (Å²) in [5.41, 5.74) is 6.43. The van der Waals surface area contributed by atoms with Crippen molar-refractivity contribution in [1.82, 2.24) is 0 Å². The molecule has 5 nitrogen and oxygen atoms in total. The van der Waals surface area contributed by atoms with E-state index >= 15 is 0 Å². The van der Waals surface area contributed by atoms with E-state index in [4.69, 9.17) is 15.7 Å². The molecule has 0 unspecified atom stereocenters. The quantitative estimate of drug-likeness (QED) is 0.889. The highest BCUT2D eigenvalue weighted by Crippen LogP contribution is 2.24. The van der Waals surface area contributed by atoms with Crippen LogP contribution in [0.5, 0.6) is 11.5 Å². The molecular formula is C15H13N3O2. The lowest BCUT2D eigenvalue weighted by Gasteiger charge is -2.08. The molecule has 0 aliphatic carbocycles. The summed E-state index contributed by atoms with van der Waals surface area (Å²) in [7, 11) is 0. The highest BCUT2D eigenvalue weighted by Gasteiger charge is 2.02. The van der Waals surface area contributed by atoms with Gasteiger partial charge in [0.15, 0.2) is 0 Å². The minimum atomic E-state index is -0.263. The van der Waals surface area contributed by atoms with E-state index < -0.39 is 0 Å². The molecule has 2 aromatic rings. The van der Waals surface area contributed by atoms with Crippen LogP contribution in [0.3, 0.4) is 0 Å². The lowest BCUT2D eigenvalue weighted by Crippen LogP contribution is -2.21. The Morgan fingerprint density at radius 1 is 1.20 bits per heavy atom. The van der Waals surface area contributed by atoms with Gasteiger partial charge in [-0.2, -0.15) is 5.26 Å². The normalized spacial score (nSPS) is 9.60. The Morgan fingerprint density at radius 3 is 2.60 bits per heavy atom. The molecule has 0 aliphatic rings. The fourth-order valence-corrected chi connectivity index (χ4v) is 1.58. The molecule has 2 aromatic carbocycles. The second-order valence-electron chi connectivity index (χ2n) is 4.02. The second-order valence-corrected chi connectivity index (χ2v) is 4.02. The first-order valence-electron chi connectivity index (χ1n) is 5.99. The van der Waals surface area contributed by atoms with Crippen LogP contribution in [0.15, 0.2) is 48.5 Å². The van der Waals surface area contributed by atoms with Crippen LogP contribution < -0.4 is 15.8 Å². The zero-order valence-corrected chi connectivity index (χ0v) is 10.7. The fourth-order valence-electron chi connectivity index (χ4n) is 1.58. The highest BCUT2D eigenvalue weighted by molar-refractivity contribution is 5.92. The van der Waals surface area contributed by atoms with Gasteiger partial charge in [-0.25, -0.2) is 0 Å². The Balaban J connectivity index is 2.11. The first-order valence-corrected chi connectivity index (χ1v) is 5.99. The Morgan fingerprint density at radius 2 is 1.95 bits per heavy atom. The van der Waals surface area contributed by atoms with Crippen LogP contribution in [-0.2, 0) is 4.79 Å². The highest BCUT2D eigenvalue weighted by atomic mass is 16.5. The average molecular weight is 267 g/mol. The van der Waals surface area contributed by atoms with Gasteiger partial charge in [0, 0.05) is 11.8 Å². The van der Waals surface area contributed by atoms with E-state index in [0.29, 0.717) is 22.7 Å². The Bertz CT molecular complexity index is 645. The van der Waals surface area contributed by atoms with Gasteiger partial charge < -0.3 is 15.8 Å². The second kappa shape index (κ2) is 6.36. The maximum absolute atomic E-state index is 11.2. The summed E-state index contributed by atoms with van der Waals surface area (Å²) < 4.78 is 5.64. The molecule has 0 aromatic heterocycles. The van der Waals surface area contributed by atoms with Gasteiger partial charge in [0.05, 0.1) is 18.2 Å². The number of anilines is 1. The molecule has 0 aliphatic heterocycles. The molecule has 5 heteroatoms. The van der Waals surface area contributed by atoms with E-state index in [0.717, 1.165) is 0 Å². The van der Waals surface area contributed by atoms with Crippen LogP contribution in [-0.4, -0.2) is 12.5 Å². The van der Waals surface area contributed by atoms with E-state index in [-0.39, 0.29) is 12.5 Å². The topological polar surface area (TPSA) is 88.1 Å². The van der Waals surface area contributed by atoms with Crippen LogP contribution in [0.4, 0.5) is 5.69 Å². The van der Waals surface area contributed by atoms with Crippen molar-refractivity contribution < 1.29 is 9.53 Å². The number of nitrogens with zero attached hydrogens (tertiary/aromatic N) is 1. The minimum absolute atomic E-state index is 0.0687. The van der Waals surface area contributed by atoms with Gasteiger partial charge in [0.25, 0.3) is 0 Å². The molecule has 0 heterocycles. The van der Waals surface area contributed by atoms with E-state index in [1.54, 1.807) is 48.5 Å². The molecule has 0 fully saturated rings. The van der Waals surface area contributed by atoms with Crippen LogP contribution >= 0.6 is 0 Å². The molecule has 2 rings (SSSR count). The Labute approximate surface area is 116 Å². The predicted molar refractivity (Wildman–Crippen MR) is 75.4 cm³/mol. The number of hydrogen-bond acceptors (Lipinski definition) is 4. The predicted octanol–water partition coefficient (Wildman–Crippen LogP) is 2.25. The van der Waals surface area contributed by atoms with Crippen LogP contribution in [0.2, 0.25) is 0 Å². The number of nitrogens with two attached hydrogens (primary N) is 1. The Kier molecular flexibility index (Phi) is 4.32. The van der Waals surface area contributed by atoms with Crippen molar-refractivity contribution in [1.29, 1.82) is 5.26 Å². The van der Waals surface area contributed by atoms with Crippen LogP contribution in [0.25, 0.3) is 0 Å². The number of hydrogen-bond donors (Lipinski definition) is 2. The van der Waals surface area contributed by atoms with Gasteiger partial charge in [0.2, 0.25) is 5.91 Å². The van der Waals surface area contributed by atoms with Crippen LogP contribution in [0.1, 0.15) is 5.56 Å². The maximum Gasteiger partial charge on any atom is 0.238 e. The van der Waals surface area contributed by atoms with Gasteiger partial charge in [0.1, 0.15) is 11.5 Å². The summed E-state index contributed by atoms with van der Waals surface area (Å²) in [4.78, 5) is 11.2. The molecule has 0 bridgehead atoms. The smallest absolute Gasteiger partial charge is 0.238 e. The van der Waals surface area contributed by atoms with Crippen molar-refractivity contribution in [2.75, 3.05) is 11.9 Å². The molecule has 0 atom stereocenters. The zero-order chi connectivity index (χ0) is 14.4. The summed E-state index contributed by atoms with van der Waals surface area (Å²) >= 11 is 0. The summed E-state index contributed by atoms with van der Waals surface area (Å²) in [5, 5.41) is 11.4. The van der Waals surface area contributed by atoms with Crippen molar-refractivity contribution >= 4 is 11.6 Å². The molecular weight excluding hydrogens is 254 g/mol. The third-order valence-electron chi connectivity index (χ3n) is 2.52. The number of carbonyl (C=O) groups is 1. The maximum atomic E-state index is 11.2. The fraction of sp³-hybridized carbons (Fsp3) is 0.0667. The number of benzene rings is 2. The number of carbonyl (C=O) groups excluding carboxylic acids is 1. The van der Waals surface area contributed by atoms with Crippen molar-refractivity contribution in [3.8, 4) is 17.6 Å². The number of nitrogens with one attached hydrogen (secondary N) is 1. The Hall–Kier alpha value is -2.84. The van der Waals surface area contributed by atoms with Crippen molar-refractivity contribution in [3.63, 3.8) is 0 Å². The summed E-state index contributed by atoms with van der Waals surface area (Å²) in [6.45, 7) is -0.0687. The first kappa shape index (κ1) is 13.6. The molecule has 0 saturated carbocycles.